The number of anilines is 1. The van der Waals surface area contributed by atoms with Crippen molar-refractivity contribution in [1.82, 2.24) is 10.3 Å². The third-order valence-corrected chi connectivity index (χ3v) is 3.62. The summed E-state index contributed by atoms with van der Waals surface area (Å²) >= 11 is 0. The lowest BCUT2D eigenvalue weighted by Gasteiger charge is -2.15. The van der Waals surface area contributed by atoms with Gasteiger partial charge in [0.15, 0.2) is 0 Å². The number of benzene rings is 1. The van der Waals surface area contributed by atoms with Crippen LogP contribution < -0.4 is 10.6 Å². The predicted octanol–water partition coefficient (Wildman–Crippen LogP) is 4.32. The number of carbonyl (C=O) groups excluding carboxylic acids is 2. The number of hydrogen-bond acceptors (Lipinski definition) is 3. The third-order valence-electron chi connectivity index (χ3n) is 3.62. The highest BCUT2D eigenvalue weighted by molar-refractivity contribution is 5.96. The van der Waals surface area contributed by atoms with E-state index in [1.807, 2.05) is 0 Å². The van der Waals surface area contributed by atoms with Gasteiger partial charge in [0.05, 0.1) is 11.1 Å². The number of aromatic nitrogens is 1. The zero-order chi connectivity index (χ0) is 22.0. The van der Waals surface area contributed by atoms with Crippen LogP contribution in [-0.4, -0.2) is 16.8 Å². The summed E-state index contributed by atoms with van der Waals surface area (Å²) in [5.41, 5.74) is -2.90. The molecule has 2 N–H and O–H groups in total. The first-order valence-electron chi connectivity index (χ1n) is 8.08. The van der Waals surface area contributed by atoms with E-state index in [0.29, 0.717) is 17.8 Å². The third kappa shape index (κ3) is 6.19. The zero-order valence-electron chi connectivity index (χ0n) is 15.1. The average molecular weight is 419 g/mol. The molecule has 0 saturated heterocycles. The molecule has 2 aromatic rings. The van der Waals surface area contributed by atoms with E-state index < -0.39 is 41.8 Å². The molecule has 1 heterocycles. The maximum atomic E-state index is 12.9. The maximum absolute atomic E-state index is 12.9. The van der Waals surface area contributed by atoms with Crippen LogP contribution in [0.3, 0.4) is 0 Å². The second kappa shape index (κ2) is 8.10. The molecule has 5 nitrogen and oxygen atoms in total. The minimum absolute atomic E-state index is 0.0112. The minimum Gasteiger partial charge on any atom is -0.348 e. The number of aryl methyl sites for hydroxylation is 1. The number of nitrogens with zero attached hydrogens (tertiary/aromatic N) is 1. The minimum atomic E-state index is -4.98. The van der Waals surface area contributed by atoms with Gasteiger partial charge in [-0.25, -0.2) is 4.98 Å². The SMILES string of the molecule is CC(=O)Nc1cc(C(=O)NCc2cc(C(F)(F)F)cc(C(F)(F)F)c2)cc(C)n1. The molecule has 11 heteroatoms. The fourth-order valence-corrected chi connectivity index (χ4v) is 2.45. The molecular formula is C18H15F6N3O2. The van der Waals surface area contributed by atoms with Gasteiger partial charge in [0, 0.05) is 24.7 Å². The predicted molar refractivity (Wildman–Crippen MR) is 90.9 cm³/mol. The molecule has 0 fully saturated rings. The molecule has 0 unspecified atom stereocenters. The van der Waals surface area contributed by atoms with E-state index in [9.17, 15) is 35.9 Å². The van der Waals surface area contributed by atoms with Crippen molar-refractivity contribution in [2.75, 3.05) is 5.32 Å². The number of nitrogens with one attached hydrogen (secondary N) is 2. The molecule has 156 valence electrons. The van der Waals surface area contributed by atoms with Crippen LogP contribution in [0.25, 0.3) is 0 Å². The first-order chi connectivity index (χ1) is 13.3. The molecule has 0 aliphatic heterocycles. The lowest BCUT2D eigenvalue weighted by Crippen LogP contribution is -2.24. The standard InChI is InChI=1S/C18H15F6N3O2/c1-9-3-12(6-15(26-9)27-10(2)28)16(29)25-8-11-4-13(17(19,20)21)7-14(5-11)18(22,23)24/h3-7H,8H2,1-2H3,(H,25,29)(H,26,27,28). The van der Waals surface area contributed by atoms with Crippen molar-refractivity contribution in [3.63, 3.8) is 0 Å². The highest BCUT2D eigenvalue weighted by atomic mass is 19.4. The Labute approximate surface area is 161 Å². The van der Waals surface area contributed by atoms with Crippen LogP contribution in [0.5, 0.6) is 0 Å². The van der Waals surface area contributed by atoms with Gasteiger partial charge in [-0.3, -0.25) is 9.59 Å². The number of carbonyl (C=O) groups is 2. The molecule has 0 bridgehead atoms. The molecule has 0 spiro atoms. The Balaban J connectivity index is 2.26. The number of rotatable bonds is 4. The van der Waals surface area contributed by atoms with Crippen molar-refractivity contribution in [2.45, 2.75) is 32.7 Å². The van der Waals surface area contributed by atoms with Gasteiger partial charge in [0.2, 0.25) is 5.91 Å². The number of halogens is 6. The van der Waals surface area contributed by atoms with Crippen LogP contribution in [0.1, 0.15) is 39.7 Å². The topological polar surface area (TPSA) is 71.1 Å². The maximum Gasteiger partial charge on any atom is 0.416 e. The molecule has 1 aromatic heterocycles. The fourth-order valence-electron chi connectivity index (χ4n) is 2.45. The van der Waals surface area contributed by atoms with Gasteiger partial charge in [-0.05, 0) is 42.8 Å². The number of pyridine rings is 1. The monoisotopic (exact) mass is 419 g/mol. The summed E-state index contributed by atoms with van der Waals surface area (Å²) in [5.74, 6) is -1.10. The van der Waals surface area contributed by atoms with Crippen LogP contribution in [-0.2, 0) is 23.7 Å². The lowest BCUT2D eigenvalue weighted by molar-refractivity contribution is -0.143. The van der Waals surface area contributed by atoms with Crippen LogP contribution >= 0.6 is 0 Å². The van der Waals surface area contributed by atoms with Crippen molar-refractivity contribution in [1.29, 1.82) is 0 Å². The molecule has 0 aliphatic carbocycles. The highest BCUT2D eigenvalue weighted by Gasteiger charge is 2.36. The smallest absolute Gasteiger partial charge is 0.348 e. The first-order valence-corrected chi connectivity index (χ1v) is 8.08. The van der Waals surface area contributed by atoms with Crippen molar-refractivity contribution in [2.24, 2.45) is 0 Å². The Morgan fingerprint density at radius 2 is 1.48 bits per heavy atom. The molecule has 0 atom stereocenters. The van der Waals surface area contributed by atoms with Gasteiger partial charge in [-0.2, -0.15) is 26.3 Å². The summed E-state index contributed by atoms with van der Waals surface area (Å²) in [6.07, 6.45) is -9.95. The van der Waals surface area contributed by atoms with E-state index in [-0.39, 0.29) is 23.0 Å². The second-order valence-corrected chi connectivity index (χ2v) is 6.16. The van der Waals surface area contributed by atoms with Gasteiger partial charge in [-0.15, -0.1) is 0 Å². The summed E-state index contributed by atoms with van der Waals surface area (Å²) < 4.78 is 77.4. The van der Waals surface area contributed by atoms with E-state index >= 15 is 0 Å². The summed E-state index contributed by atoms with van der Waals surface area (Å²) in [4.78, 5) is 27.4. The molecule has 0 saturated carbocycles. The fraction of sp³-hybridized carbons (Fsp3) is 0.278. The van der Waals surface area contributed by atoms with Crippen LogP contribution in [0.15, 0.2) is 30.3 Å². The molecule has 0 radical (unpaired) electrons. The number of amides is 2. The second-order valence-electron chi connectivity index (χ2n) is 6.16. The molecule has 1 aromatic carbocycles. The Bertz CT molecular complexity index is 906. The number of hydrogen-bond donors (Lipinski definition) is 2. The Hall–Kier alpha value is -3.11. The Morgan fingerprint density at radius 1 is 0.931 bits per heavy atom. The number of alkyl halides is 6. The van der Waals surface area contributed by atoms with E-state index in [1.165, 1.54) is 19.1 Å². The Morgan fingerprint density at radius 3 is 1.97 bits per heavy atom. The molecule has 0 aliphatic rings. The molecule has 2 amide bonds. The van der Waals surface area contributed by atoms with E-state index in [0.717, 1.165) is 0 Å². The molecular weight excluding hydrogens is 404 g/mol. The van der Waals surface area contributed by atoms with Gasteiger partial charge >= 0.3 is 12.4 Å². The van der Waals surface area contributed by atoms with Gasteiger partial charge in [-0.1, -0.05) is 0 Å². The average Bonchev–Trinajstić information content (AvgIpc) is 2.56. The Kier molecular flexibility index (Phi) is 6.19. The molecule has 29 heavy (non-hydrogen) atoms. The van der Waals surface area contributed by atoms with Crippen molar-refractivity contribution in [3.8, 4) is 0 Å². The lowest BCUT2D eigenvalue weighted by atomic mass is 10.0. The van der Waals surface area contributed by atoms with Gasteiger partial charge in [0.25, 0.3) is 5.91 Å². The summed E-state index contributed by atoms with van der Waals surface area (Å²) in [6, 6.07) is 3.67. The summed E-state index contributed by atoms with van der Waals surface area (Å²) in [6.45, 7) is 2.21. The first kappa shape index (κ1) is 22.2. The van der Waals surface area contributed by atoms with E-state index in [2.05, 4.69) is 15.6 Å². The quantitative estimate of drug-likeness (QED) is 0.726. The zero-order valence-corrected chi connectivity index (χ0v) is 15.1. The van der Waals surface area contributed by atoms with E-state index in [1.54, 1.807) is 6.92 Å². The largest absolute Gasteiger partial charge is 0.416 e. The van der Waals surface area contributed by atoms with Gasteiger partial charge in [0.1, 0.15) is 5.82 Å². The summed E-state index contributed by atoms with van der Waals surface area (Å²) in [7, 11) is 0. The van der Waals surface area contributed by atoms with Crippen LogP contribution in [0, 0.1) is 6.92 Å². The van der Waals surface area contributed by atoms with Crippen molar-refractivity contribution >= 4 is 17.6 Å². The van der Waals surface area contributed by atoms with Crippen molar-refractivity contribution < 1.29 is 35.9 Å². The van der Waals surface area contributed by atoms with Crippen LogP contribution in [0.4, 0.5) is 32.2 Å². The normalized spacial score (nSPS) is 11.9. The summed E-state index contributed by atoms with van der Waals surface area (Å²) in [5, 5.41) is 4.65. The van der Waals surface area contributed by atoms with Gasteiger partial charge < -0.3 is 10.6 Å². The van der Waals surface area contributed by atoms with E-state index in [4.69, 9.17) is 0 Å². The highest BCUT2D eigenvalue weighted by Crippen LogP contribution is 2.36. The van der Waals surface area contributed by atoms with Crippen LogP contribution in [0.2, 0.25) is 0 Å². The van der Waals surface area contributed by atoms with Crippen molar-refractivity contribution in [3.05, 3.63) is 58.3 Å². The molecule has 2 rings (SSSR count).